The molecule has 1 heterocycles. The summed E-state index contributed by atoms with van der Waals surface area (Å²) in [6.45, 7) is 0.581. The highest BCUT2D eigenvalue weighted by Gasteiger charge is 1.99. The zero-order valence-electron chi connectivity index (χ0n) is 8.83. The van der Waals surface area contributed by atoms with Gasteiger partial charge in [0.05, 0.1) is 12.2 Å². The van der Waals surface area contributed by atoms with Crippen LogP contribution in [0.15, 0.2) is 35.1 Å². The Morgan fingerprint density at radius 3 is 2.62 bits per heavy atom. The molecule has 84 valence electrons. The number of benzene rings is 1. The van der Waals surface area contributed by atoms with Crippen LogP contribution in [0.1, 0.15) is 5.69 Å². The number of nitrogens with zero attached hydrogens (tertiary/aromatic N) is 1. The van der Waals surface area contributed by atoms with E-state index in [1.165, 1.54) is 4.68 Å². The Kier molecular flexibility index (Phi) is 3.01. The first-order chi connectivity index (χ1) is 7.65. The van der Waals surface area contributed by atoms with Crippen molar-refractivity contribution in [2.45, 2.75) is 6.54 Å². The first kappa shape index (κ1) is 10.8. The van der Waals surface area contributed by atoms with Gasteiger partial charge in [0.1, 0.15) is 0 Å². The highest BCUT2D eigenvalue weighted by molar-refractivity contribution is 6.30. The lowest BCUT2D eigenvalue weighted by molar-refractivity contribution is 0.723. The second-order valence-electron chi connectivity index (χ2n) is 3.54. The van der Waals surface area contributed by atoms with Crippen LogP contribution in [0, 0.1) is 0 Å². The maximum atomic E-state index is 11.2. The Labute approximate surface area is 97.8 Å². The smallest absolute Gasteiger partial charge is 0.266 e. The number of hydrogen-bond donors (Lipinski definition) is 2. The lowest BCUT2D eigenvalue weighted by Crippen LogP contribution is -2.09. The Hall–Kier alpha value is -1.68. The van der Waals surface area contributed by atoms with E-state index in [9.17, 15) is 4.79 Å². The molecule has 2 N–H and O–H groups in total. The molecule has 0 fully saturated rings. The van der Waals surface area contributed by atoms with Gasteiger partial charge in [-0.25, -0.2) is 0 Å². The minimum atomic E-state index is -0.0343. The zero-order valence-corrected chi connectivity index (χ0v) is 9.58. The van der Waals surface area contributed by atoms with Crippen molar-refractivity contribution in [2.75, 3.05) is 5.32 Å². The zero-order chi connectivity index (χ0) is 11.5. The molecule has 0 unspecified atom stereocenters. The molecule has 0 spiro atoms. The van der Waals surface area contributed by atoms with Gasteiger partial charge in [-0.3, -0.25) is 14.6 Å². The molecule has 0 aliphatic heterocycles. The van der Waals surface area contributed by atoms with E-state index in [1.54, 1.807) is 13.1 Å². The third-order valence-electron chi connectivity index (χ3n) is 2.27. The molecule has 2 rings (SSSR count). The number of aromatic amines is 1. The van der Waals surface area contributed by atoms with Crippen LogP contribution in [-0.2, 0) is 13.6 Å². The van der Waals surface area contributed by atoms with Crippen molar-refractivity contribution >= 4 is 17.3 Å². The first-order valence-corrected chi connectivity index (χ1v) is 5.27. The molecule has 0 bridgehead atoms. The quantitative estimate of drug-likeness (QED) is 0.858. The predicted molar refractivity (Wildman–Crippen MR) is 64.8 cm³/mol. The maximum absolute atomic E-state index is 11.2. The third-order valence-corrected chi connectivity index (χ3v) is 2.52. The van der Waals surface area contributed by atoms with E-state index < -0.39 is 0 Å². The number of H-pyrrole nitrogens is 1. The molecule has 1 aromatic carbocycles. The predicted octanol–water partition coefficient (Wildman–Crippen LogP) is 1.98. The van der Waals surface area contributed by atoms with Gasteiger partial charge in [-0.1, -0.05) is 11.6 Å². The van der Waals surface area contributed by atoms with Gasteiger partial charge in [-0.15, -0.1) is 0 Å². The molecule has 4 nitrogen and oxygen atoms in total. The number of hydrogen-bond acceptors (Lipinski definition) is 2. The van der Waals surface area contributed by atoms with Crippen LogP contribution in [0.5, 0.6) is 0 Å². The fraction of sp³-hybridized carbons (Fsp3) is 0.182. The van der Waals surface area contributed by atoms with Crippen LogP contribution in [0.4, 0.5) is 5.69 Å². The normalized spacial score (nSPS) is 10.4. The van der Waals surface area contributed by atoms with Crippen LogP contribution >= 0.6 is 11.6 Å². The van der Waals surface area contributed by atoms with Gasteiger partial charge in [-0.05, 0) is 24.3 Å². The van der Waals surface area contributed by atoms with Crippen molar-refractivity contribution < 1.29 is 0 Å². The van der Waals surface area contributed by atoms with Gasteiger partial charge in [0.2, 0.25) is 0 Å². The van der Waals surface area contributed by atoms with Crippen LogP contribution < -0.4 is 10.9 Å². The molecule has 5 heteroatoms. The van der Waals surface area contributed by atoms with Gasteiger partial charge in [0.25, 0.3) is 5.56 Å². The van der Waals surface area contributed by atoms with E-state index in [2.05, 4.69) is 10.4 Å². The van der Waals surface area contributed by atoms with Crippen molar-refractivity contribution in [3.63, 3.8) is 0 Å². The molecule has 16 heavy (non-hydrogen) atoms. The van der Waals surface area contributed by atoms with E-state index >= 15 is 0 Å². The fourth-order valence-electron chi connectivity index (χ4n) is 1.40. The average molecular weight is 238 g/mol. The summed E-state index contributed by atoms with van der Waals surface area (Å²) in [6.07, 6.45) is 0. The largest absolute Gasteiger partial charge is 0.379 e. The summed E-state index contributed by atoms with van der Waals surface area (Å²) >= 11 is 5.77. The lowest BCUT2D eigenvalue weighted by Gasteiger charge is -2.04. The molecule has 0 atom stereocenters. The standard InChI is InChI=1S/C11H12ClN3O/c1-15-11(16)6-10(14-15)7-13-9-4-2-8(12)3-5-9/h2-6,13-14H,7H2,1H3. The highest BCUT2D eigenvalue weighted by atomic mass is 35.5. The van der Waals surface area contributed by atoms with Gasteiger partial charge < -0.3 is 5.32 Å². The number of nitrogens with one attached hydrogen (secondary N) is 2. The number of halogens is 1. The van der Waals surface area contributed by atoms with E-state index in [1.807, 2.05) is 24.3 Å². The molecule has 2 aromatic rings. The summed E-state index contributed by atoms with van der Waals surface area (Å²) < 4.78 is 1.44. The Bertz CT molecular complexity index is 527. The van der Waals surface area contributed by atoms with Gasteiger partial charge >= 0.3 is 0 Å². The van der Waals surface area contributed by atoms with E-state index in [-0.39, 0.29) is 5.56 Å². The highest BCUT2D eigenvalue weighted by Crippen LogP contribution is 2.13. The summed E-state index contributed by atoms with van der Waals surface area (Å²) in [5.74, 6) is 0. The summed E-state index contributed by atoms with van der Waals surface area (Å²) in [5.41, 5.74) is 1.78. The minimum Gasteiger partial charge on any atom is -0.379 e. The molecule has 0 saturated carbocycles. The van der Waals surface area contributed by atoms with E-state index in [4.69, 9.17) is 11.6 Å². The minimum absolute atomic E-state index is 0.0343. The number of aromatic nitrogens is 2. The molecule has 0 radical (unpaired) electrons. The Morgan fingerprint density at radius 2 is 2.06 bits per heavy atom. The molecular weight excluding hydrogens is 226 g/mol. The van der Waals surface area contributed by atoms with Crippen LogP contribution in [0.25, 0.3) is 0 Å². The number of aryl methyl sites for hydroxylation is 1. The fourth-order valence-corrected chi connectivity index (χ4v) is 1.53. The summed E-state index contributed by atoms with van der Waals surface area (Å²) in [7, 11) is 1.69. The summed E-state index contributed by atoms with van der Waals surface area (Å²) in [4.78, 5) is 11.2. The van der Waals surface area contributed by atoms with Crippen molar-refractivity contribution in [2.24, 2.45) is 7.05 Å². The van der Waals surface area contributed by atoms with E-state index in [0.717, 1.165) is 11.4 Å². The lowest BCUT2D eigenvalue weighted by atomic mass is 10.3. The second kappa shape index (κ2) is 4.45. The third kappa shape index (κ3) is 2.46. The maximum Gasteiger partial charge on any atom is 0.266 e. The molecule has 0 saturated heterocycles. The van der Waals surface area contributed by atoms with Crippen molar-refractivity contribution in [3.8, 4) is 0 Å². The summed E-state index contributed by atoms with van der Waals surface area (Å²) in [6, 6.07) is 8.99. The number of rotatable bonds is 3. The van der Waals surface area contributed by atoms with Crippen molar-refractivity contribution in [1.82, 2.24) is 9.78 Å². The van der Waals surface area contributed by atoms with Gasteiger partial charge in [0, 0.05) is 23.8 Å². The molecule has 0 amide bonds. The molecule has 1 aromatic heterocycles. The molecule has 0 aliphatic rings. The SMILES string of the molecule is Cn1[nH]c(CNc2ccc(Cl)cc2)cc1=O. The van der Waals surface area contributed by atoms with Crippen molar-refractivity contribution in [3.05, 3.63) is 51.4 Å². The van der Waals surface area contributed by atoms with Crippen LogP contribution in [0.3, 0.4) is 0 Å². The monoisotopic (exact) mass is 237 g/mol. The van der Waals surface area contributed by atoms with E-state index in [0.29, 0.717) is 11.6 Å². The molecular formula is C11H12ClN3O. The van der Waals surface area contributed by atoms with Gasteiger partial charge in [-0.2, -0.15) is 0 Å². The first-order valence-electron chi connectivity index (χ1n) is 4.89. The Morgan fingerprint density at radius 1 is 1.38 bits per heavy atom. The average Bonchev–Trinajstić information content (AvgIpc) is 2.58. The molecule has 0 aliphatic carbocycles. The summed E-state index contributed by atoms with van der Waals surface area (Å²) in [5, 5.41) is 6.84. The topological polar surface area (TPSA) is 49.8 Å². The van der Waals surface area contributed by atoms with Crippen molar-refractivity contribution in [1.29, 1.82) is 0 Å². The van der Waals surface area contributed by atoms with Gasteiger partial charge in [0.15, 0.2) is 0 Å². The van der Waals surface area contributed by atoms with Crippen LogP contribution in [-0.4, -0.2) is 9.78 Å². The Balaban J connectivity index is 2.02. The second-order valence-corrected chi connectivity index (χ2v) is 3.98. The van der Waals surface area contributed by atoms with Crippen LogP contribution in [0.2, 0.25) is 5.02 Å². The number of anilines is 1.